The van der Waals surface area contributed by atoms with Gasteiger partial charge in [0, 0.05) is 18.0 Å². The average Bonchev–Trinajstić information content (AvgIpc) is 2.65. The summed E-state index contributed by atoms with van der Waals surface area (Å²) in [5.41, 5.74) is 1.05. The van der Waals surface area contributed by atoms with Crippen molar-refractivity contribution in [2.75, 3.05) is 19.7 Å². The molecule has 0 heterocycles. The molecule has 0 aliphatic carbocycles. The maximum atomic E-state index is 11.7. The zero-order valence-corrected chi connectivity index (χ0v) is 15.5. The summed E-state index contributed by atoms with van der Waals surface area (Å²) in [7, 11) is 0. The maximum absolute atomic E-state index is 11.7. The van der Waals surface area contributed by atoms with Crippen molar-refractivity contribution in [3.05, 3.63) is 59.1 Å². The van der Waals surface area contributed by atoms with Crippen LogP contribution in [0.5, 0.6) is 11.5 Å². The Hall–Kier alpha value is -2.20. The molecule has 0 N–H and O–H groups in total. The van der Waals surface area contributed by atoms with Gasteiger partial charge in [0.25, 0.3) is 0 Å². The summed E-state index contributed by atoms with van der Waals surface area (Å²) in [4.78, 5) is 13.5. The largest absolute Gasteiger partial charge is 0.492 e. The Balaban J connectivity index is 1.77. The van der Waals surface area contributed by atoms with Crippen LogP contribution in [0.3, 0.4) is 0 Å². The third-order valence-corrected chi connectivity index (χ3v) is 4.06. The number of carbonyl (C=O) groups is 1. The van der Waals surface area contributed by atoms with Crippen molar-refractivity contribution in [3.63, 3.8) is 0 Å². The Bertz CT molecular complexity index is 656. The van der Waals surface area contributed by atoms with Gasteiger partial charge in [-0.1, -0.05) is 30.7 Å². The van der Waals surface area contributed by atoms with Crippen LogP contribution in [-0.2, 0) is 11.4 Å². The second-order valence-corrected chi connectivity index (χ2v) is 6.00. The van der Waals surface area contributed by atoms with Gasteiger partial charge in [-0.25, -0.2) is 0 Å². The highest BCUT2D eigenvalue weighted by molar-refractivity contribution is 6.30. The van der Waals surface area contributed by atoms with E-state index in [0.29, 0.717) is 37.7 Å². The number of benzene rings is 2. The third kappa shape index (κ3) is 6.31. The molecule has 2 aromatic carbocycles. The molecule has 5 heteroatoms. The highest BCUT2D eigenvalue weighted by atomic mass is 35.5. The highest BCUT2D eigenvalue weighted by Gasteiger charge is 2.08. The number of rotatable bonds is 9. The van der Waals surface area contributed by atoms with Crippen LogP contribution in [0.1, 0.15) is 25.8 Å². The third-order valence-electron chi connectivity index (χ3n) is 3.81. The fourth-order valence-corrected chi connectivity index (χ4v) is 2.46. The molecule has 0 aromatic heterocycles. The van der Waals surface area contributed by atoms with E-state index in [9.17, 15) is 4.79 Å². The molecule has 0 unspecified atom stereocenters. The lowest BCUT2D eigenvalue weighted by atomic mass is 10.2. The van der Waals surface area contributed by atoms with Gasteiger partial charge in [0.05, 0.1) is 6.54 Å². The van der Waals surface area contributed by atoms with Gasteiger partial charge in [-0.15, -0.1) is 0 Å². The highest BCUT2D eigenvalue weighted by Crippen LogP contribution is 2.18. The van der Waals surface area contributed by atoms with E-state index in [1.807, 2.05) is 50.2 Å². The lowest BCUT2D eigenvalue weighted by Crippen LogP contribution is -2.33. The lowest BCUT2D eigenvalue weighted by Gasteiger charge is -2.20. The normalized spacial score (nSPS) is 10.4. The molecule has 134 valence electrons. The number of amides is 1. The molecule has 0 atom stereocenters. The van der Waals surface area contributed by atoms with Crippen molar-refractivity contribution in [3.8, 4) is 11.5 Å². The minimum atomic E-state index is 0.154. The molecule has 0 saturated heterocycles. The summed E-state index contributed by atoms with van der Waals surface area (Å²) >= 11 is 5.85. The van der Waals surface area contributed by atoms with Crippen LogP contribution >= 0.6 is 11.6 Å². The SMILES string of the molecule is CCC(=O)N(CC)CCOc1ccc(COc2ccc(Cl)cc2)cc1. The minimum Gasteiger partial charge on any atom is -0.492 e. The molecule has 2 rings (SSSR count). The van der Waals surface area contributed by atoms with Gasteiger partial charge in [-0.3, -0.25) is 4.79 Å². The van der Waals surface area contributed by atoms with Crippen molar-refractivity contribution in [1.82, 2.24) is 4.90 Å². The van der Waals surface area contributed by atoms with Crippen molar-refractivity contribution in [2.24, 2.45) is 0 Å². The summed E-state index contributed by atoms with van der Waals surface area (Å²) in [6.07, 6.45) is 0.524. The number of ether oxygens (including phenoxy) is 2. The average molecular weight is 362 g/mol. The fraction of sp³-hybridized carbons (Fsp3) is 0.350. The van der Waals surface area contributed by atoms with Crippen LogP contribution in [-0.4, -0.2) is 30.5 Å². The summed E-state index contributed by atoms with van der Waals surface area (Å²) in [5, 5.41) is 0.691. The predicted molar refractivity (Wildman–Crippen MR) is 100 cm³/mol. The molecule has 0 bridgehead atoms. The quantitative estimate of drug-likeness (QED) is 0.657. The smallest absolute Gasteiger partial charge is 0.222 e. The Labute approximate surface area is 154 Å². The Morgan fingerprint density at radius 2 is 1.56 bits per heavy atom. The number of hydrogen-bond donors (Lipinski definition) is 0. The topological polar surface area (TPSA) is 38.8 Å². The van der Waals surface area contributed by atoms with E-state index in [1.165, 1.54) is 0 Å². The zero-order valence-electron chi connectivity index (χ0n) is 14.7. The molecule has 0 fully saturated rings. The Kier molecular flexibility index (Phi) is 7.61. The summed E-state index contributed by atoms with van der Waals surface area (Å²) < 4.78 is 11.4. The first-order valence-electron chi connectivity index (χ1n) is 8.50. The van der Waals surface area contributed by atoms with Crippen LogP contribution in [0.2, 0.25) is 5.02 Å². The van der Waals surface area contributed by atoms with Gasteiger partial charge in [0.2, 0.25) is 5.91 Å². The molecule has 0 aliphatic rings. The summed E-state index contributed by atoms with van der Waals surface area (Å²) in [6.45, 7) is 6.12. The summed E-state index contributed by atoms with van der Waals surface area (Å²) in [5.74, 6) is 1.72. The number of hydrogen-bond acceptors (Lipinski definition) is 3. The van der Waals surface area contributed by atoms with Gasteiger partial charge in [-0.05, 0) is 48.9 Å². The first kappa shape index (κ1) is 19.1. The number of halogens is 1. The van der Waals surface area contributed by atoms with E-state index in [-0.39, 0.29) is 5.91 Å². The van der Waals surface area contributed by atoms with Crippen LogP contribution in [0.25, 0.3) is 0 Å². The molecule has 2 aromatic rings. The fourth-order valence-electron chi connectivity index (χ4n) is 2.34. The molecular weight excluding hydrogens is 338 g/mol. The predicted octanol–water partition coefficient (Wildman–Crippen LogP) is 4.56. The molecule has 4 nitrogen and oxygen atoms in total. The molecule has 25 heavy (non-hydrogen) atoms. The van der Waals surface area contributed by atoms with Gasteiger partial charge in [0.1, 0.15) is 24.7 Å². The molecule has 0 saturated carbocycles. The first-order valence-corrected chi connectivity index (χ1v) is 8.88. The summed E-state index contributed by atoms with van der Waals surface area (Å²) in [6, 6.07) is 15.1. The lowest BCUT2D eigenvalue weighted by molar-refractivity contribution is -0.131. The van der Waals surface area contributed by atoms with Gasteiger partial charge in [-0.2, -0.15) is 0 Å². The molecule has 0 spiro atoms. The van der Waals surface area contributed by atoms with Crippen molar-refractivity contribution >= 4 is 17.5 Å². The Morgan fingerprint density at radius 3 is 2.16 bits per heavy atom. The zero-order chi connectivity index (χ0) is 18.1. The van der Waals surface area contributed by atoms with Gasteiger partial charge < -0.3 is 14.4 Å². The van der Waals surface area contributed by atoms with Gasteiger partial charge in [0.15, 0.2) is 0 Å². The van der Waals surface area contributed by atoms with Gasteiger partial charge >= 0.3 is 0 Å². The maximum Gasteiger partial charge on any atom is 0.222 e. The van der Waals surface area contributed by atoms with Crippen molar-refractivity contribution in [2.45, 2.75) is 26.9 Å². The second-order valence-electron chi connectivity index (χ2n) is 5.56. The van der Waals surface area contributed by atoms with Crippen LogP contribution in [0, 0.1) is 0 Å². The molecule has 1 amide bonds. The molecule has 0 radical (unpaired) electrons. The minimum absolute atomic E-state index is 0.154. The number of carbonyl (C=O) groups excluding carboxylic acids is 1. The van der Waals surface area contributed by atoms with Crippen molar-refractivity contribution < 1.29 is 14.3 Å². The number of likely N-dealkylation sites (N-methyl/N-ethyl adjacent to an activating group) is 1. The Morgan fingerprint density at radius 1 is 0.960 bits per heavy atom. The first-order chi connectivity index (χ1) is 12.1. The van der Waals surface area contributed by atoms with Crippen molar-refractivity contribution in [1.29, 1.82) is 0 Å². The standard InChI is InChI=1S/C20H24ClNO3/c1-3-20(23)22(4-2)13-14-24-18-9-5-16(6-10-18)15-25-19-11-7-17(21)8-12-19/h5-12H,3-4,13-15H2,1-2H3. The van der Waals surface area contributed by atoms with Crippen LogP contribution in [0.15, 0.2) is 48.5 Å². The van der Waals surface area contributed by atoms with E-state index in [1.54, 1.807) is 17.0 Å². The van der Waals surface area contributed by atoms with E-state index in [4.69, 9.17) is 21.1 Å². The van der Waals surface area contributed by atoms with E-state index in [2.05, 4.69) is 0 Å². The molecular formula is C20H24ClNO3. The van der Waals surface area contributed by atoms with Crippen LogP contribution in [0.4, 0.5) is 0 Å². The second kappa shape index (κ2) is 9.94. The van der Waals surface area contributed by atoms with E-state index >= 15 is 0 Å². The van der Waals surface area contributed by atoms with E-state index < -0.39 is 0 Å². The van der Waals surface area contributed by atoms with Crippen LogP contribution < -0.4 is 9.47 Å². The van der Waals surface area contributed by atoms with E-state index in [0.717, 1.165) is 17.1 Å². The monoisotopic (exact) mass is 361 g/mol. The molecule has 0 aliphatic heterocycles. The number of nitrogens with zero attached hydrogens (tertiary/aromatic N) is 1.